The highest BCUT2D eigenvalue weighted by Gasteiger charge is 2.35. The summed E-state index contributed by atoms with van der Waals surface area (Å²) in [5.41, 5.74) is 6.56. The van der Waals surface area contributed by atoms with Gasteiger partial charge in [-0.25, -0.2) is 0 Å². The normalized spacial score (nSPS) is 19.1. The summed E-state index contributed by atoms with van der Waals surface area (Å²) in [6.07, 6.45) is 4.53. The molecule has 1 heterocycles. The van der Waals surface area contributed by atoms with Crippen LogP contribution in [0.15, 0.2) is 66.7 Å². The highest BCUT2D eigenvalue weighted by Crippen LogP contribution is 2.28. The number of aliphatic carboxylic acids is 1. The fourth-order valence-corrected chi connectivity index (χ4v) is 4.79. The SMILES string of the molecule is Cc1c(C=Cc2ccc(CN3CCCC(O)C3C(=O)O)cc2Cl)cccc1-c1ccccc1. The first-order valence-electron chi connectivity index (χ1n) is 11.2. The Kier molecular flexibility index (Phi) is 7.29. The Bertz CT molecular complexity index is 1160. The van der Waals surface area contributed by atoms with E-state index in [1.54, 1.807) is 0 Å². The van der Waals surface area contributed by atoms with Gasteiger partial charge < -0.3 is 10.2 Å². The van der Waals surface area contributed by atoms with Crippen LogP contribution in [0.1, 0.15) is 35.1 Å². The molecule has 2 unspecified atom stereocenters. The number of halogens is 1. The minimum Gasteiger partial charge on any atom is -0.480 e. The van der Waals surface area contributed by atoms with Gasteiger partial charge in [0.2, 0.25) is 0 Å². The number of carboxylic acid groups (broad SMARTS) is 1. The summed E-state index contributed by atoms with van der Waals surface area (Å²) in [6.45, 7) is 3.21. The number of hydrogen-bond donors (Lipinski definition) is 2. The smallest absolute Gasteiger partial charge is 0.323 e. The fourth-order valence-electron chi connectivity index (χ4n) is 4.52. The molecule has 1 aliphatic rings. The monoisotopic (exact) mass is 461 g/mol. The molecule has 33 heavy (non-hydrogen) atoms. The third kappa shape index (κ3) is 5.36. The van der Waals surface area contributed by atoms with Crippen molar-refractivity contribution in [3.63, 3.8) is 0 Å². The Hall–Kier alpha value is -2.92. The van der Waals surface area contributed by atoms with Crippen LogP contribution in [0.3, 0.4) is 0 Å². The second kappa shape index (κ2) is 10.3. The molecule has 2 atom stereocenters. The molecule has 4 rings (SSSR count). The van der Waals surface area contributed by atoms with Gasteiger partial charge in [0, 0.05) is 11.6 Å². The largest absolute Gasteiger partial charge is 0.480 e. The molecule has 0 aliphatic carbocycles. The van der Waals surface area contributed by atoms with E-state index in [1.807, 2.05) is 47.4 Å². The van der Waals surface area contributed by atoms with Gasteiger partial charge >= 0.3 is 5.97 Å². The standard InChI is InChI=1S/C28H28ClNO3/c1-19-21(9-5-10-24(19)22-7-3-2-4-8-22)14-15-23-13-12-20(17-25(23)29)18-30-16-6-11-26(31)27(30)28(32)33/h2-5,7-10,12-15,17,26-27,31H,6,11,16,18H2,1H3,(H,32,33). The summed E-state index contributed by atoms with van der Waals surface area (Å²) in [5, 5.41) is 20.2. The first-order chi connectivity index (χ1) is 15.9. The van der Waals surface area contributed by atoms with Gasteiger partial charge in [-0.3, -0.25) is 9.69 Å². The number of likely N-dealkylation sites (tertiary alicyclic amines) is 1. The summed E-state index contributed by atoms with van der Waals surface area (Å²) in [7, 11) is 0. The molecule has 1 aliphatic heterocycles. The van der Waals surface area contributed by atoms with Crippen molar-refractivity contribution < 1.29 is 15.0 Å². The lowest BCUT2D eigenvalue weighted by atomic mass is 9.96. The average Bonchev–Trinajstić information content (AvgIpc) is 2.80. The lowest BCUT2D eigenvalue weighted by Crippen LogP contribution is -2.52. The first kappa shape index (κ1) is 23.2. The number of piperidine rings is 1. The summed E-state index contributed by atoms with van der Waals surface area (Å²) < 4.78 is 0. The predicted octanol–water partition coefficient (Wildman–Crippen LogP) is 5.90. The third-order valence-electron chi connectivity index (χ3n) is 6.31. The molecule has 3 aromatic carbocycles. The Morgan fingerprint density at radius 2 is 1.82 bits per heavy atom. The Labute approximate surface area is 199 Å². The highest BCUT2D eigenvalue weighted by atomic mass is 35.5. The van der Waals surface area contributed by atoms with Gasteiger partial charge in [0.1, 0.15) is 6.04 Å². The second-order valence-corrected chi connectivity index (χ2v) is 8.95. The molecule has 2 N–H and O–H groups in total. The van der Waals surface area contributed by atoms with E-state index in [2.05, 4.69) is 43.3 Å². The van der Waals surface area contributed by atoms with Crippen LogP contribution in [0.2, 0.25) is 5.02 Å². The van der Waals surface area contributed by atoms with Gasteiger partial charge in [0.25, 0.3) is 0 Å². The number of aliphatic hydroxyl groups excluding tert-OH is 1. The number of nitrogens with zero attached hydrogens (tertiary/aromatic N) is 1. The van der Waals surface area contributed by atoms with E-state index in [0.717, 1.165) is 23.1 Å². The van der Waals surface area contributed by atoms with Crippen molar-refractivity contribution in [3.05, 3.63) is 94.0 Å². The maximum Gasteiger partial charge on any atom is 0.323 e. The maximum absolute atomic E-state index is 11.6. The van der Waals surface area contributed by atoms with Crippen LogP contribution in [-0.4, -0.2) is 39.8 Å². The quantitative estimate of drug-likeness (QED) is 0.449. The van der Waals surface area contributed by atoms with E-state index in [0.29, 0.717) is 24.5 Å². The van der Waals surface area contributed by atoms with Crippen LogP contribution in [0, 0.1) is 6.92 Å². The Morgan fingerprint density at radius 3 is 2.55 bits per heavy atom. The zero-order chi connectivity index (χ0) is 23.4. The summed E-state index contributed by atoms with van der Waals surface area (Å²) >= 11 is 6.57. The van der Waals surface area contributed by atoms with Gasteiger partial charge in [-0.05, 0) is 65.8 Å². The minimum atomic E-state index is -0.985. The molecule has 0 aromatic heterocycles. The van der Waals surface area contributed by atoms with Crippen LogP contribution in [0.4, 0.5) is 0 Å². The number of carboxylic acids is 1. The molecule has 0 bridgehead atoms. The van der Waals surface area contributed by atoms with Crippen LogP contribution < -0.4 is 0 Å². The molecule has 0 amide bonds. The van der Waals surface area contributed by atoms with E-state index in [-0.39, 0.29) is 0 Å². The van der Waals surface area contributed by atoms with Gasteiger partial charge in [-0.15, -0.1) is 0 Å². The summed E-state index contributed by atoms with van der Waals surface area (Å²) in [6, 6.07) is 21.5. The van der Waals surface area contributed by atoms with E-state index in [9.17, 15) is 15.0 Å². The van der Waals surface area contributed by atoms with Crippen molar-refractivity contribution in [1.29, 1.82) is 0 Å². The van der Waals surface area contributed by atoms with Crippen LogP contribution in [0.5, 0.6) is 0 Å². The molecule has 1 fully saturated rings. The Morgan fingerprint density at radius 1 is 1.06 bits per heavy atom. The van der Waals surface area contributed by atoms with Crippen molar-refractivity contribution in [2.24, 2.45) is 0 Å². The van der Waals surface area contributed by atoms with Crippen molar-refractivity contribution in [3.8, 4) is 11.1 Å². The average molecular weight is 462 g/mol. The molecule has 0 spiro atoms. The van der Waals surface area contributed by atoms with Crippen molar-refractivity contribution in [1.82, 2.24) is 4.90 Å². The molecular formula is C28H28ClNO3. The third-order valence-corrected chi connectivity index (χ3v) is 6.64. The van der Waals surface area contributed by atoms with E-state index in [1.165, 1.54) is 16.7 Å². The fraction of sp³-hybridized carbons (Fsp3) is 0.250. The van der Waals surface area contributed by atoms with Crippen molar-refractivity contribution >= 4 is 29.7 Å². The van der Waals surface area contributed by atoms with Gasteiger partial charge in [0.15, 0.2) is 0 Å². The van der Waals surface area contributed by atoms with Crippen LogP contribution in [0.25, 0.3) is 23.3 Å². The zero-order valence-corrected chi connectivity index (χ0v) is 19.4. The van der Waals surface area contributed by atoms with E-state index < -0.39 is 18.1 Å². The number of carbonyl (C=O) groups is 1. The van der Waals surface area contributed by atoms with Crippen LogP contribution >= 0.6 is 11.6 Å². The number of hydrogen-bond acceptors (Lipinski definition) is 3. The lowest BCUT2D eigenvalue weighted by Gasteiger charge is -2.36. The van der Waals surface area contributed by atoms with E-state index in [4.69, 9.17) is 11.6 Å². The number of rotatable bonds is 6. The minimum absolute atomic E-state index is 0.440. The van der Waals surface area contributed by atoms with Crippen molar-refractivity contribution in [2.45, 2.75) is 38.5 Å². The lowest BCUT2D eigenvalue weighted by molar-refractivity contribution is -0.150. The molecule has 0 radical (unpaired) electrons. The molecule has 1 saturated heterocycles. The number of benzene rings is 3. The highest BCUT2D eigenvalue weighted by molar-refractivity contribution is 6.32. The molecule has 4 nitrogen and oxygen atoms in total. The van der Waals surface area contributed by atoms with Gasteiger partial charge in [0.05, 0.1) is 6.10 Å². The maximum atomic E-state index is 11.6. The summed E-state index contributed by atoms with van der Waals surface area (Å²) in [4.78, 5) is 13.4. The molecule has 0 saturated carbocycles. The first-order valence-corrected chi connectivity index (χ1v) is 11.6. The van der Waals surface area contributed by atoms with Crippen LogP contribution in [-0.2, 0) is 11.3 Å². The number of aliphatic hydroxyl groups is 1. The molecule has 5 heteroatoms. The topological polar surface area (TPSA) is 60.8 Å². The predicted molar refractivity (Wildman–Crippen MR) is 134 cm³/mol. The molecule has 170 valence electrons. The molecular weight excluding hydrogens is 434 g/mol. The Balaban J connectivity index is 1.52. The zero-order valence-electron chi connectivity index (χ0n) is 18.6. The van der Waals surface area contributed by atoms with Gasteiger partial charge in [-0.1, -0.05) is 84.4 Å². The van der Waals surface area contributed by atoms with E-state index >= 15 is 0 Å². The molecule has 3 aromatic rings. The summed E-state index contributed by atoms with van der Waals surface area (Å²) in [5.74, 6) is -0.985. The second-order valence-electron chi connectivity index (χ2n) is 8.54. The van der Waals surface area contributed by atoms with Gasteiger partial charge in [-0.2, -0.15) is 0 Å². The van der Waals surface area contributed by atoms with Crippen molar-refractivity contribution in [2.75, 3.05) is 6.54 Å².